The van der Waals surface area contributed by atoms with E-state index < -0.39 is 10.0 Å². The number of nitrogens with one attached hydrogen (secondary N) is 1. The molecule has 5 nitrogen and oxygen atoms in total. The van der Waals surface area contributed by atoms with Crippen LogP contribution in [-0.4, -0.2) is 57.9 Å². The predicted octanol–water partition coefficient (Wildman–Crippen LogP) is 0.347. The smallest absolute Gasteiger partial charge is 0.217 e. The molecule has 0 aromatic heterocycles. The second-order valence-electron chi connectivity index (χ2n) is 4.90. The molecule has 0 aliphatic carbocycles. The summed E-state index contributed by atoms with van der Waals surface area (Å²) in [7, 11) is -1.45. The number of piperidine rings is 1. The minimum absolute atomic E-state index is 0.198. The molecule has 104 valence electrons. The largest absolute Gasteiger partial charge is 0.380 e. The molecule has 0 unspecified atom stereocenters. The van der Waals surface area contributed by atoms with Crippen molar-refractivity contribution in [3.8, 4) is 0 Å². The van der Waals surface area contributed by atoms with E-state index in [-0.39, 0.29) is 5.25 Å². The van der Waals surface area contributed by atoms with E-state index >= 15 is 0 Å². The monoisotopic (exact) mass is 274 g/mol. The first-order chi connectivity index (χ1) is 8.64. The zero-order valence-electron chi connectivity index (χ0n) is 10.9. The highest BCUT2D eigenvalue weighted by Gasteiger charge is 2.33. The molecule has 6 heteroatoms. The highest BCUT2D eigenvalue weighted by molar-refractivity contribution is 7.89. The van der Waals surface area contributed by atoms with Crippen LogP contribution in [0.2, 0.25) is 0 Å². The van der Waals surface area contributed by atoms with Crippen LogP contribution in [0.25, 0.3) is 0 Å². The molecule has 2 aliphatic rings. The van der Waals surface area contributed by atoms with E-state index in [1.54, 1.807) is 11.4 Å². The molecule has 1 N–H and O–H groups in total. The van der Waals surface area contributed by atoms with E-state index in [2.05, 4.69) is 5.32 Å². The highest BCUT2D eigenvalue weighted by Crippen LogP contribution is 2.21. The molecule has 0 aromatic rings. The van der Waals surface area contributed by atoms with Crippen molar-refractivity contribution in [2.75, 3.05) is 39.9 Å². The van der Waals surface area contributed by atoms with Gasteiger partial charge in [-0.15, -0.1) is 0 Å². The lowest BCUT2D eigenvalue weighted by molar-refractivity contribution is 0.219. The molecule has 2 rings (SSSR count). The normalized spacial score (nSPS) is 23.9. The Morgan fingerprint density at radius 1 is 1.44 bits per heavy atom. The van der Waals surface area contributed by atoms with Crippen LogP contribution in [0.15, 0.2) is 11.6 Å². The summed E-state index contributed by atoms with van der Waals surface area (Å²) in [4.78, 5) is 0. The molecule has 2 heterocycles. The fraction of sp³-hybridized carbons (Fsp3) is 0.833. The Labute approximate surface area is 109 Å². The van der Waals surface area contributed by atoms with Gasteiger partial charge in [-0.2, -0.15) is 4.31 Å². The Bertz CT molecular complexity index is 400. The third kappa shape index (κ3) is 3.12. The lowest BCUT2D eigenvalue weighted by Crippen LogP contribution is -2.45. The third-order valence-corrected chi connectivity index (χ3v) is 6.03. The molecule has 0 spiro atoms. The summed E-state index contributed by atoms with van der Waals surface area (Å²) in [6, 6.07) is 0. The summed E-state index contributed by atoms with van der Waals surface area (Å²) in [5, 5.41) is 3.00. The fourth-order valence-electron chi connectivity index (χ4n) is 2.54. The second-order valence-corrected chi connectivity index (χ2v) is 7.11. The van der Waals surface area contributed by atoms with Gasteiger partial charge in [0.25, 0.3) is 0 Å². The molecule has 0 bridgehead atoms. The van der Waals surface area contributed by atoms with Gasteiger partial charge in [0, 0.05) is 20.2 Å². The van der Waals surface area contributed by atoms with Gasteiger partial charge in [-0.1, -0.05) is 6.08 Å². The molecule has 1 fully saturated rings. The number of rotatable bonds is 4. The number of methoxy groups -OCH3 is 1. The van der Waals surface area contributed by atoms with Crippen molar-refractivity contribution >= 4 is 10.0 Å². The van der Waals surface area contributed by atoms with E-state index in [1.807, 2.05) is 6.08 Å². The average Bonchev–Trinajstić information content (AvgIpc) is 2.41. The topological polar surface area (TPSA) is 58.6 Å². The lowest BCUT2D eigenvalue weighted by atomic mass is 10.1. The summed E-state index contributed by atoms with van der Waals surface area (Å²) in [5.74, 6) is 0. The van der Waals surface area contributed by atoms with Gasteiger partial charge < -0.3 is 10.1 Å². The highest BCUT2D eigenvalue weighted by atomic mass is 32.2. The SMILES string of the molecule is COCC1=CCN(S(=O)(=O)C2CCNCC2)CC1. The maximum absolute atomic E-state index is 12.4. The van der Waals surface area contributed by atoms with E-state index in [0.717, 1.165) is 32.4 Å². The van der Waals surface area contributed by atoms with Crippen molar-refractivity contribution in [3.05, 3.63) is 11.6 Å². The maximum Gasteiger partial charge on any atom is 0.217 e. The summed E-state index contributed by atoms with van der Waals surface area (Å²) in [6.07, 6.45) is 4.24. The first-order valence-electron chi connectivity index (χ1n) is 6.51. The zero-order chi connectivity index (χ0) is 13.0. The van der Waals surface area contributed by atoms with Crippen molar-refractivity contribution < 1.29 is 13.2 Å². The molecule has 0 aromatic carbocycles. The van der Waals surface area contributed by atoms with Crippen LogP contribution in [0.1, 0.15) is 19.3 Å². The Hall–Kier alpha value is -0.430. The molecule has 18 heavy (non-hydrogen) atoms. The quantitative estimate of drug-likeness (QED) is 0.751. The molecule has 0 amide bonds. The van der Waals surface area contributed by atoms with Crippen LogP contribution >= 0.6 is 0 Å². The number of sulfonamides is 1. The first kappa shape index (κ1) is 14.0. The molecule has 0 saturated carbocycles. The van der Waals surface area contributed by atoms with E-state index in [4.69, 9.17) is 4.74 Å². The van der Waals surface area contributed by atoms with Gasteiger partial charge in [-0.05, 0) is 37.9 Å². The van der Waals surface area contributed by atoms with Gasteiger partial charge in [-0.25, -0.2) is 8.42 Å². The van der Waals surface area contributed by atoms with Crippen LogP contribution in [0, 0.1) is 0 Å². The van der Waals surface area contributed by atoms with E-state index in [1.165, 1.54) is 5.57 Å². The van der Waals surface area contributed by atoms with Crippen LogP contribution in [0.4, 0.5) is 0 Å². The second kappa shape index (κ2) is 6.14. The van der Waals surface area contributed by atoms with Gasteiger partial charge in [0.15, 0.2) is 0 Å². The van der Waals surface area contributed by atoms with E-state index in [0.29, 0.717) is 19.7 Å². The van der Waals surface area contributed by atoms with Crippen LogP contribution < -0.4 is 5.32 Å². The van der Waals surface area contributed by atoms with Crippen LogP contribution in [0.5, 0.6) is 0 Å². The summed E-state index contributed by atoms with van der Waals surface area (Å²) >= 11 is 0. The standard InChI is InChI=1S/C12H22N2O3S/c1-17-10-11-4-8-14(9-5-11)18(15,16)12-2-6-13-7-3-12/h4,12-13H,2-3,5-10H2,1H3. The predicted molar refractivity (Wildman–Crippen MR) is 71.0 cm³/mol. The number of hydrogen-bond acceptors (Lipinski definition) is 4. The molecular weight excluding hydrogens is 252 g/mol. The third-order valence-electron chi connectivity index (χ3n) is 3.66. The average molecular weight is 274 g/mol. The lowest BCUT2D eigenvalue weighted by Gasteiger charge is -2.31. The Morgan fingerprint density at radius 3 is 2.72 bits per heavy atom. The minimum Gasteiger partial charge on any atom is -0.380 e. The van der Waals surface area contributed by atoms with Crippen molar-refractivity contribution in [2.45, 2.75) is 24.5 Å². The van der Waals surface area contributed by atoms with Gasteiger partial charge in [0.1, 0.15) is 0 Å². The van der Waals surface area contributed by atoms with Gasteiger partial charge in [0.05, 0.1) is 11.9 Å². The van der Waals surface area contributed by atoms with Gasteiger partial charge >= 0.3 is 0 Å². The Morgan fingerprint density at radius 2 is 2.17 bits per heavy atom. The Kier molecular flexibility index (Phi) is 4.77. The minimum atomic E-state index is -3.12. The first-order valence-corrected chi connectivity index (χ1v) is 8.01. The molecule has 2 aliphatic heterocycles. The Balaban J connectivity index is 1.99. The number of ether oxygens (including phenoxy) is 1. The van der Waals surface area contributed by atoms with Crippen molar-refractivity contribution in [1.82, 2.24) is 9.62 Å². The van der Waals surface area contributed by atoms with Crippen LogP contribution in [0.3, 0.4) is 0 Å². The molecular formula is C12H22N2O3S. The number of nitrogens with zero attached hydrogens (tertiary/aromatic N) is 1. The molecule has 0 atom stereocenters. The van der Waals surface area contributed by atoms with Crippen LogP contribution in [-0.2, 0) is 14.8 Å². The van der Waals surface area contributed by atoms with Crippen molar-refractivity contribution in [2.24, 2.45) is 0 Å². The van der Waals surface area contributed by atoms with E-state index in [9.17, 15) is 8.42 Å². The maximum atomic E-state index is 12.4. The summed E-state index contributed by atoms with van der Waals surface area (Å²) in [5.41, 5.74) is 1.20. The summed E-state index contributed by atoms with van der Waals surface area (Å²) in [6.45, 7) is 3.33. The summed E-state index contributed by atoms with van der Waals surface area (Å²) < 4.78 is 31.6. The van der Waals surface area contributed by atoms with Gasteiger partial charge in [0.2, 0.25) is 10.0 Å². The molecule has 0 radical (unpaired) electrons. The fourth-order valence-corrected chi connectivity index (χ4v) is 4.43. The van der Waals surface area contributed by atoms with Gasteiger partial charge in [-0.3, -0.25) is 0 Å². The van der Waals surface area contributed by atoms with Crippen molar-refractivity contribution in [1.29, 1.82) is 0 Å². The molecule has 1 saturated heterocycles. The zero-order valence-corrected chi connectivity index (χ0v) is 11.7. The number of hydrogen-bond donors (Lipinski definition) is 1. The van der Waals surface area contributed by atoms with Crippen molar-refractivity contribution in [3.63, 3.8) is 0 Å².